The van der Waals surface area contributed by atoms with Gasteiger partial charge in [0.05, 0.1) is 13.2 Å². The van der Waals surface area contributed by atoms with Gasteiger partial charge in [-0.3, -0.25) is 4.79 Å². The van der Waals surface area contributed by atoms with Gasteiger partial charge in [0.2, 0.25) is 0 Å². The third-order valence-electron chi connectivity index (χ3n) is 3.68. The molecule has 116 valence electrons. The molecule has 1 aliphatic heterocycles. The maximum atomic E-state index is 12.1. The molecular weight excluding hydrogens is 268 g/mol. The zero-order chi connectivity index (χ0) is 15.3. The Kier molecular flexibility index (Phi) is 5.33. The predicted molar refractivity (Wildman–Crippen MR) is 80.8 cm³/mol. The molecule has 1 fully saturated rings. The molecule has 0 bridgehead atoms. The molecule has 1 aliphatic rings. The lowest BCUT2D eigenvalue weighted by molar-refractivity contribution is -0.153. The molecule has 0 spiro atoms. The van der Waals surface area contributed by atoms with Crippen LogP contribution in [0.25, 0.3) is 0 Å². The fourth-order valence-electron chi connectivity index (χ4n) is 2.54. The Hall–Kier alpha value is -1.43. The molecule has 0 aliphatic carbocycles. The summed E-state index contributed by atoms with van der Waals surface area (Å²) in [6.07, 6.45) is 0.763. The Labute approximate surface area is 125 Å². The third kappa shape index (κ3) is 4.52. The number of benzene rings is 1. The fourth-order valence-corrected chi connectivity index (χ4v) is 2.54. The van der Waals surface area contributed by atoms with Gasteiger partial charge in [-0.1, -0.05) is 19.1 Å². The lowest BCUT2D eigenvalue weighted by Crippen LogP contribution is -2.34. The Morgan fingerprint density at radius 2 is 1.95 bits per heavy atom. The molecule has 1 aromatic rings. The summed E-state index contributed by atoms with van der Waals surface area (Å²) >= 11 is 0. The smallest absolute Gasteiger partial charge is 0.251 e. The van der Waals surface area contributed by atoms with E-state index in [-0.39, 0.29) is 11.8 Å². The van der Waals surface area contributed by atoms with Crippen LogP contribution in [0.3, 0.4) is 0 Å². The van der Waals surface area contributed by atoms with Gasteiger partial charge in [-0.15, -0.1) is 0 Å². The number of rotatable bonds is 6. The quantitative estimate of drug-likeness (QED) is 0.836. The number of carbonyl (C=O) groups excluding carboxylic acids is 1. The van der Waals surface area contributed by atoms with Crippen LogP contribution in [0.1, 0.15) is 36.2 Å². The normalized spacial score (nSPS) is 18.4. The highest BCUT2D eigenvalue weighted by Gasteiger charge is 2.32. The van der Waals surface area contributed by atoms with Crippen LogP contribution in [-0.2, 0) is 16.0 Å². The van der Waals surface area contributed by atoms with Gasteiger partial charge in [0.25, 0.3) is 5.91 Å². The third-order valence-corrected chi connectivity index (χ3v) is 3.68. The molecule has 3 N–H and O–H groups in total. The van der Waals surface area contributed by atoms with Gasteiger partial charge >= 0.3 is 0 Å². The van der Waals surface area contributed by atoms with Crippen molar-refractivity contribution in [2.24, 2.45) is 11.7 Å². The number of carbonyl (C=O) groups is 1. The van der Waals surface area contributed by atoms with Crippen molar-refractivity contribution in [3.05, 3.63) is 35.4 Å². The number of hydrogen-bond donors (Lipinski definition) is 2. The highest BCUT2D eigenvalue weighted by atomic mass is 16.7. The predicted octanol–water partition coefficient (Wildman–Crippen LogP) is 1.66. The Morgan fingerprint density at radius 1 is 1.33 bits per heavy atom. The summed E-state index contributed by atoms with van der Waals surface area (Å²) in [6.45, 7) is 6.39. The first-order valence-electron chi connectivity index (χ1n) is 7.37. The molecule has 5 nitrogen and oxygen atoms in total. The fraction of sp³-hybridized carbons (Fsp3) is 0.562. The van der Waals surface area contributed by atoms with Crippen molar-refractivity contribution in [2.45, 2.75) is 32.6 Å². The maximum absolute atomic E-state index is 12.1. The maximum Gasteiger partial charge on any atom is 0.251 e. The lowest BCUT2D eigenvalue weighted by atomic mass is 10.0. The number of nitrogens with two attached hydrogens (primary N) is 1. The van der Waals surface area contributed by atoms with E-state index in [1.807, 2.05) is 19.1 Å². The summed E-state index contributed by atoms with van der Waals surface area (Å²) in [4.78, 5) is 12.1. The number of nitrogens with one attached hydrogen (secondary N) is 1. The van der Waals surface area contributed by atoms with E-state index in [4.69, 9.17) is 15.2 Å². The van der Waals surface area contributed by atoms with E-state index in [0.717, 1.165) is 12.0 Å². The summed E-state index contributed by atoms with van der Waals surface area (Å²) in [5.41, 5.74) is 7.21. The van der Waals surface area contributed by atoms with Crippen molar-refractivity contribution in [3.8, 4) is 0 Å². The van der Waals surface area contributed by atoms with Crippen LogP contribution in [0.4, 0.5) is 0 Å². The zero-order valence-corrected chi connectivity index (χ0v) is 12.7. The van der Waals surface area contributed by atoms with Crippen LogP contribution in [0.15, 0.2) is 24.3 Å². The van der Waals surface area contributed by atoms with Gasteiger partial charge < -0.3 is 20.5 Å². The van der Waals surface area contributed by atoms with E-state index in [0.29, 0.717) is 31.9 Å². The summed E-state index contributed by atoms with van der Waals surface area (Å²) < 4.78 is 11.2. The van der Waals surface area contributed by atoms with Gasteiger partial charge in [0.15, 0.2) is 5.79 Å². The highest BCUT2D eigenvalue weighted by Crippen LogP contribution is 2.26. The summed E-state index contributed by atoms with van der Waals surface area (Å²) in [5, 5.41) is 2.95. The lowest BCUT2D eigenvalue weighted by Gasteiger charge is -2.26. The van der Waals surface area contributed by atoms with Crippen LogP contribution in [-0.4, -0.2) is 31.5 Å². The van der Waals surface area contributed by atoms with Crippen LogP contribution >= 0.6 is 0 Å². The van der Waals surface area contributed by atoms with Gasteiger partial charge in [-0.05, 0) is 30.5 Å². The molecule has 1 atom stereocenters. The first kappa shape index (κ1) is 15.9. The second-order valence-electron chi connectivity index (χ2n) is 5.75. The molecule has 0 aromatic heterocycles. The molecule has 0 saturated carbocycles. The van der Waals surface area contributed by atoms with Crippen LogP contribution in [0, 0.1) is 5.92 Å². The average Bonchev–Trinajstić information content (AvgIpc) is 2.91. The van der Waals surface area contributed by atoms with Crippen molar-refractivity contribution in [3.63, 3.8) is 0 Å². The molecule has 1 aromatic carbocycles. The van der Waals surface area contributed by atoms with Crippen molar-refractivity contribution >= 4 is 5.91 Å². The van der Waals surface area contributed by atoms with Gasteiger partial charge in [0.1, 0.15) is 0 Å². The van der Waals surface area contributed by atoms with E-state index in [1.54, 1.807) is 12.1 Å². The zero-order valence-electron chi connectivity index (χ0n) is 12.7. The molecule has 21 heavy (non-hydrogen) atoms. The molecule has 1 saturated heterocycles. The molecule has 1 amide bonds. The van der Waals surface area contributed by atoms with Crippen molar-refractivity contribution in [1.29, 1.82) is 0 Å². The molecule has 1 heterocycles. The summed E-state index contributed by atoms with van der Waals surface area (Å²) in [5.74, 6) is -0.295. The number of ether oxygens (including phenoxy) is 2. The minimum Gasteiger partial charge on any atom is -0.352 e. The van der Waals surface area contributed by atoms with Gasteiger partial charge in [-0.2, -0.15) is 0 Å². The van der Waals surface area contributed by atoms with Crippen molar-refractivity contribution < 1.29 is 14.3 Å². The second kappa shape index (κ2) is 7.02. The molecule has 0 radical (unpaired) electrons. The average molecular weight is 292 g/mol. The topological polar surface area (TPSA) is 73.6 Å². The minimum atomic E-state index is -0.507. The van der Waals surface area contributed by atoms with E-state index < -0.39 is 5.79 Å². The Bertz CT molecular complexity index is 467. The Morgan fingerprint density at radius 3 is 2.52 bits per heavy atom. The summed E-state index contributed by atoms with van der Waals surface area (Å²) in [7, 11) is 0. The van der Waals surface area contributed by atoms with Crippen molar-refractivity contribution in [1.82, 2.24) is 5.32 Å². The van der Waals surface area contributed by atoms with Crippen molar-refractivity contribution in [2.75, 3.05) is 19.8 Å². The van der Waals surface area contributed by atoms with Gasteiger partial charge in [-0.25, -0.2) is 0 Å². The second-order valence-corrected chi connectivity index (χ2v) is 5.75. The molecule has 2 rings (SSSR count). The van der Waals surface area contributed by atoms with Crippen LogP contribution in [0.2, 0.25) is 0 Å². The van der Waals surface area contributed by atoms with E-state index in [1.165, 1.54) is 0 Å². The summed E-state index contributed by atoms with van der Waals surface area (Å²) in [6, 6.07) is 7.35. The highest BCUT2D eigenvalue weighted by molar-refractivity contribution is 5.94. The molecule has 5 heteroatoms. The van der Waals surface area contributed by atoms with E-state index in [9.17, 15) is 4.79 Å². The SMILES string of the molecule is CC(CNC(=O)c1ccc(CN)cc1)CC1(C)OCCO1. The first-order valence-corrected chi connectivity index (χ1v) is 7.37. The monoisotopic (exact) mass is 292 g/mol. The largest absolute Gasteiger partial charge is 0.352 e. The van der Waals surface area contributed by atoms with Crippen LogP contribution in [0.5, 0.6) is 0 Å². The first-order chi connectivity index (χ1) is 10.0. The van der Waals surface area contributed by atoms with Gasteiger partial charge in [0, 0.05) is 25.1 Å². The number of amides is 1. The minimum absolute atomic E-state index is 0.0659. The molecular formula is C16H24N2O3. The Balaban J connectivity index is 1.79. The molecule has 1 unspecified atom stereocenters. The number of hydrogen-bond acceptors (Lipinski definition) is 4. The standard InChI is InChI=1S/C16H24N2O3/c1-12(9-16(2)20-7-8-21-16)11-18-15(19)14-5-3-13(10-17)4-6-14/h3-6,12H,7-11,17H2,1-2H3,(H,18,19). The van der Waals surface area contributed by atoms with E-state index in [2.05, 4.69) is 12.2 Å². The van der Waals surface area contributed by atoms with E-state index >= 15 is 0 Å². The van der Waals surface area contributed by atoms with Crippen LogP contribution < -0.4 is 11.1 Å².